The smallest absolute Gasteiger partial charge is 0.346 e. The van der Waals surface area contributed by atoms with Gasteiger partial charge in [-0.2, -0.15) is 0 Å². The van der Waals surface area contributed by atoms with Crippen LogP contribution < -0.4 is 5.63 Å². The predicted octanol–water partition coefficient (Wildman–Crippen LogP) is 1.89. The van der Waals surface area contributed by atoms with Gasteiger partial charge in [0.15, 0.2) is 5.89 Å². The molecule has 2 rings (SSSR count). The maximum Gasteiger partial charge on any atom is 0.346 e. The van der Waals surface area contributed by atoms with E-state index in [1.54, 1.807) is 0 Å². The summed E-state index contributed by atoms with van der Waals surface area (Å²) in [4.78, 5) is 15.4. The SMILES string of the molecule is CCc1nc2ccc(F)cc2c(=O)o1. The van der Waals surface area contributed by atoms with Crippen molar-refractivity contribution in [3.8, 4) is 0 Å². The molecule has 1 heterocycles. The second-order valence-corrected chi connectivity index (χ2v) is 2.91. The van der Waals surface area contributed by atoms with Gasteiger partial charge < -0.3 is 4.42 Å². The van der Waals surface area contributed by atoms with Crippen LogP contribution in [-0.2, 0) is 6.42 Å². The van der Waals surface area contributed by atoms with Crippen LogP contribution in [0.1, 0.15) is 12.8 Å². The van der Waals surface area contributed by atoms with Gasteiger partial charge in [0.05, 0.1) is 10.9 Å². The first-order valence-corrected chi connectivity index (χ1v) is 4.30. The summed E-state index contributed by atoms with van der Waals surface area (Å²) in [5.74, 6) is -0.0926. The molecule has 72 valence electrons. The molecule has 14 heavy (non-hydrogen) atoms. The Hall–Kier alpha value is -1.71. The van der Waals surface area contributed by atoms with E-state index in [9.17, 15) is 9.18 Å². The van der Waals surface area contributed by atoms with E-state index >= 15 is 0 Å². The van der Waals surface area contributed by atoms with Gasteiger partial charge in [-0.05, 0) is 18.2 Å². The molecule has 0 bridgehead atoms. The Morgan fingerprint density at radius 1 is 1.50 bits per heavy atom. The Labute approximate surface area is 79.2 Å². The van der Waals surface area contributed by atoms with Gasteiger partial charge in [0.1, 0.15) is 5.82 Å². The highest BCUT2D eigenvalue weighted by Crippen LogP contribution is 2.10. The number of fused-ring (bicyclic) bond motifs is 1. The zero-order valence-electron chi connectivity index (χ0n) is 7.58. The molecule has 0 unspecified atom stereocenters. The average molecular weight is 193 g/mol. The first-order chi connectivity index (χ1) is 6.70. The number of aromatic nitrogens is 1. The number of rotatable bonds is 1. The second kappa shape index (κ2) is 3.21. The molecule has 0 aliphatic rings. The summed E-state index contributed by atoms with van der Waals surface area (Å²) < 4.78 is 17.7. The van der Waals surface area contributed by atoms with Gasteiger partial charge in [0.25, 0.3) is 0 Å². The highest BCUT2D eigenvalue weighted by molar-refractivity contribution is 5.76. The van der Waals surface area contributed by atoms with Gasteiger partial charge in [-0.25, -0.2) is 14.2 Å². The van der Waals surface area contributed by atoms with Crippen molar-refractivity contribution < 1.29 is 8.81 Å². The maximum absolute atomic E-state index is 12.8. The Morgan fingerprint density at radius 3 is 3.00 bits per heavy atom. The van der Waals surface area contributed by atoms with Gasteiger partial charge in [0, 0.05) is 6.42 Å². The molecule has 0 saturated heterocycles. The van der Waals surface area contributed by atoms with Crippen molar-refractivity contribution >= 4 is 10.9 Å². The van der Waals surface area contributed by atoms with E-state index in [4.69, 9.17) is 4.42 Å². The summed E-state index contributed by atoms with van der Waals surface area (Å²) in [6.45, 7) is 1.83. The molecular formula is C10H8FNO2. The van der Waals surface area contributed by atoms with E-state index in [1.807, 2.05) is 6.92 Å². The van der Waals surface area contributed by atoms with Crippen molar-refractivity contribution in [1.82, 2.24) is 4.98 Å². The summed E-state index contributed by atoms with van der Waals surface area (Å²) >= 11 is 0. The summed E-state index contributed by atoms with van der Waals surface area (Å²) in [7, 11) is 0. The quantitative estimate of drug-likeness (QED) is 0.694. The molecule has 0 radical (unpaired) electrons. The highest BCUT2D eigenvalue weighted by Gasteiger charge is 2.05. The van der Waals surface area contributed by atoms with Crippen molar-refractivity contribution in [3.05, 3.63) is 40.3 Å². The van der Waals surface area contributed by atoms with E-state index in [0.717, 1.165) is 6.07 Å². The summed E-state index contributed by atoms with van der Waals surface area (Å²) in [5.41, 5.74) is -0.0640. The zero-order chi connectivity index (χ0) is 10.1. The van der Waals surface area contributed by atoms with Gasteiger partial charge in [-0.15, -0.1) is 0 Å². The third kappa shape index (κ3) is 1.39. The Bertz CT molecular complexity index is 533. The predicted molar refractivity (Wildman–Crippen MR) is 49.6 cm³/mol. The van der Waals surface area contributed by atoms with Crippen LogP contribution in [0.4, 0.5) is 4.39 Å². The first-order valence-electron chi connectivity index (χ1n) is 4.30. The largest absolute Gasteiger partial charge is 0.408 e. The lowest BCUT2D eigenvalue weighted by Gasteiger charge is -1.98. The minimum Gasteiger partial charge on any atom is -0.408 e. The lowest BCUT2D eigenvalue weighted by Crippen LogP contribution is -2.04. The number of nitrogens with zero attached hydrogens (tertiary/aromatic N) is 1. The normalized spacial score (nSPS) is 10.7. The lowest BCUT2D eigenvalue weighted by molar-refractivity contribution is 0.449. The summed E-state index contributed by atoms with van der Waals surface area (Å²) in [5, 5.41) is 0.183. The second-order valence-electron chi connectivity index (χ2n) is 2.91. The number of hydrogen-bond donors (Lipinski definition) is 0. The molecule has 0 N–H and O–H groups in total. The Balaban J connectivity index is 2.83. The molecule has 3 nitrogen and oxygen atoms in total. The van der Waals surface area contributed by atoms with Crippen molar-refractivity contribution in [1.29, 1.82) is 0 Å². The van der Waals surface area contributed by atoms with Crippen molar-refractivity contribution in [2.75, 3.05) is 0 Å². The topological polar surface area (TPSA) is 43.1 Å². The van der Waals surface area contributed by atoms with Crippen molar-refractivity contribution in [3.63, 3.8) is 0 Å². The van der Waals surface area contributed by atoms with E-state index in [1.165, 1.54) is 12.1 Å². The number of halogens is 1. The van der Waals surface area contributed by atoms with Gasteiger partial charge in [-0.3, -0.25) is 0 Å². The summed E-state index contributed by atoms with van der Waals surface area (Å²) in [6, 6.07) is 3.88. The molecular weight excluding hydrogens is 185 g/mol. The van der Waals surface area contributed by atoms with E-state index in [-0.39, 0.29) is 5.39 Å². The fourth-order valence-electron chi connectivity index (χ4n) is 1.24. The maximum atomic E-state index is 12.8. The van der Waals surface area contributed by atoms with E-state index in [2.05, 4.69) is 4.98 Å². The van der Waals surface area contributed by atoms with Crippen LogP contribution in [0.3, 0.4) is 0 Å². The minimum atomic E-state index is -0.536. The van der Waals surface area contributed by atoms with Gasteiger partial charge in [-0.1, -0.05) is 6.92 Å². The molecule has 0 aliphatic heterocycles. The van der Waals surface area contributed by atoms with Gasteiger partial charge in [0.2, 0.25) is 0 Å². The molecule has 0 saturated carbocycles. The Kier molecular flexibility index (Phi) is 2.04. The zero-order valence-corrected chi connectivity index (χ0v) is 7.58. The fraction of sp³-hybridized carbons (Fsp3) is 0.200. The molecule has 0 aliphatic carbocycles. The van der Waals surface area contributed by atoms with E-state index in [0.29, 0.717) is 17.8 Å². The lowest BCUT2D eigenvalue weighted by atomic mass is 10.2. The van der Waals surface area contributed by atoms with Gasteiger partial charge >= 0.3 is 5.63 Å². The summed E-state index contributed by atoms with van der Waals surface area (Å²) in [6.07, 6.45) is 0.544. The van der Waals surface area contributed by atoms with Crippen LogP contribution in [0.25, 0.3) is 10.9 Å². The molecule has 1 aromatic carbocycles. The first kappa shape index (κ1) is 8.87. The van der Waals surface area contributed by atoms with E-state index < -0.39 is 11.4 Å². The monoisotopic (exact) mass is 193 g/mol. The van der Waals surface area contributed by atoms with Crippen molar-refractivity contribution in [2.24, 2.45) is 0 Å². The van der Waals surface area contributed by atoms with Crippen LogP contribution in [0.2, 0.25) is 0 Å². The molecule has 4 heteroatoms. The highest BCUT2D eigenvalue weighted by atomic mass is 19.1. The van der Waals surface area contributed by atoms with Crippen LogP contribution in [0.15, 0.2) is 27.4 Å². The minimum absolute atomic E-state index is 0.183. The molecule has 0 spiro atoms. The number of aryl methyl sites for hydroxylation is 1. The molecule has 0 amide bonds. The molecule has 2 aromatic rings. The molecule has 1 aromatic heterocycles. The fourth-order valence-corrected chi connectivity index (χ4v) is 1.24. The number of hydrogen-bond acceptors (Lipinski definition) is 3. The molecule has 0 atom stereocenters. The Morgan fingerprint density at radius 2 is 2.29 bits per heavy atom. The van der Waals surface area contributed by atoms with Crippen LogP contribution in [-0.4, -0.2) is 4.98 Å². The van der Waals surface area contributed by atoms with Crippen LogP contribution in [0, 0.1) is 5.82 Å². The third-order valence-electron chi connectivity index (χ3n) is 1.94. The standard InChI is InChI=1S/C10H8FNO2/c1-2-9-12-8-4-3-6(11)5-7(8)10(13)14-9/h3-5H,2H2,1H3. The number of benzene rings is 1. The van der Waals surface area contributed by atoms with Crippen LogP contribution >= 0.6 is 0 Å². The van der Waals surface area contributed by atoms with Crippen molar-refractivity contribution in [2.45, 2.75) is 13.3 Å². The average Bonchev–Trinajstić information content (AvgIpc) is 2.19. The van der Waals surface area contributed by atoms with Crippen LogP contribution in [0.5, 0.6) is 0 Å². The third-order valence-corrected chi connectivity index (χ3v) is 1.94. The molecule has 0 fully saturated rings.